The summed E-state index contributed by atoms with van der Waals surface area (Å²) in [5, 5.41) is 27.7. The van der Waals surface area contributed by atoms with E-state index in [9.17, 15) is 9.60 Å². The van der Waals surface area contributed by atoms with Crippen LogP contribution in [0.15, 0.2) is 64.1 Å². The number of amidine groups is 1. The SMILES string of the molecule is N=C1N=N/C(=C2/C=CN(O)C=C2Nc2ccc(I)cc2F)O1. The normalized spacial score (nSPS) is 20.2. The van der Waals surface area contributed by atoms with Crippen LogP contribution in [0.25, 0.3) is 0 Å². The number of hydroxylamine groups is 2. The molecule has 0 aliphatic carbocycles. The molecule has 1 aromatic rings. The molecule has 3 rings (SSSR count). The lowest BCUT2D eigenvalue weighted by molar-refractivity contribution is 0.00960. The molecule has 7 nitrogen and oxygen atoms in total. The van der Waals surface area contributed by atoms with Crippen molar-refractivity contribution < 1.29 is 14.3 Å². The Balaban J connectivity index is 1.96. The molecule has 22 heavy (non-hydrogen) atoms. The van der Waals surface area contributed by atoms with Crippen molar-refractivity contribution in [2.24, 2.45) is 10.2 Å². The van der Waals surface area contributed by atoms with Gasteiger partial charge in [-0.05, 0) is 46.9 Å². The Kier molecular flexibility index (Phi) is 3.90. The van der Waals surface area contributed by atoms with Crippen LogP contribution in [-0.4, -0.2) is 16.3 Å². The number of rotatable bonds is 2. The van der Waals surface area contributed by atoms with Crippen LogP contribution in [0.4, 0.5) is 10.1 Å². The number of benzene rings is 1. The fourth-order valence-corrected chi connectivity index (χ4v) is 2.29. The largest absolute Gasteiger partial charge is 0.402 e. The minimum atomic E-state index is -0.432. The Bertz CT molecular complexity index is 772. The molecule has 112 valence electrons. The lowest BCUT2D eigenvalue weighted by atomic mass is 10.1. The third-order valence-corrected chi connectivity index (χ3v) is 3.47. The molecule has 2 aliphatic heterocycles. The molecule has 0 fully saturated rings. The Morgan fingerprint density at radius 3 is 2.86 bits per heavy atom. The van der Waals surface area contributed by atoms with Crippen molar-refractivity contribution in [2.45, 2.75) is 0 Å². The lowest BCUT2D eigenvalue weighted by Gasteiger charge is -2.19. The van der Waals surface area contributed by atoms with E-state index in [0.29, 0.717) is 11.3 Å². The summed E-state index contributed by atoms with van der Waals surface area (Å²) in [4.78, 5) is 0. The molecule has 0 bridgehead atoms. The van der Waals surface area contributed by atoms with E-state index in [1.165, 1.54) is 24.5 Å². The number of hydrogen-bond donors (Lipinski definition) is 3. The predicted molar refractivity (Wildman–Crippen MR) is 84.3 cm³/mol. The van der Waals surface area contributed by atoms with Gasteiger partial charge in [0.2, 0.25) is 0 Å². The van der Waals surface area contributed by atoms with Crippen LogP contribution >= 0.6 is 22.6 Å². The molecule has 1 aromatic carbocycles. The lowest BCUT2D eigenvalue weighted by Crippen LogP contribution is -2.15. The summed E-state index contributed by atoms with van der Waals surface area (Å²) in [6.45, 7) is 0. The highest BCUT2D eigenvalue weighted by molar-refractivity contribution is 14.1. The van der Waals surface area contributed by atoms with E-state index >= 15 is 0 Å². The van der Waals surface area contributed by atoms with E-state index in [2.05, 4.69) is 15.5 Å². The maximum atomic E-state index is 14.0. The van der Waals surface area contributed by atoms with Gasteiger partial charge in [-0.25, -0.2) is 14.9 Å². The molecule has 9 heteroatoms. The van der Waals surface area contributed by atoms with Gasteiger partial charge >= 0.3 is 6.02 Å². The molecule has 0 saturated carbocycles. The second-order valence-electron chi connectivity index (χ2n) is 4.31. The minimum Gasteiger partial charge on any atom is -0.402 e. The number of hydrogen-bond acceptors (Lipinski definition) is 6. The minimum absolute atomic E-state index is 0.0963. The molecule has 0 spiro atoms. The molecule has 0 amide bonds. The molecular weight excluding hydrogens is 404 g/mol. The number of halogens is 2. The first-order valence-corrected chi connectivity index (χ1v) is 7.13. The molecular formula is C13H9FIN5O2. The zero-order valence-electron chi connectivity index (χ0n) is 10.9. The van der Waals surface area contributed by atoms with Crippen LogP contribution in [0, 0.1) is 14.8 Å². The van der Waals surface area contributed by atoms with Crippen molar-refractivity contribution in [3.63, 3.8) is 0 Å². The van der Waals surface area contributed by atoms with Crippen molar-refractivity contribution >= 4 is 34.3 Å². The summed E-state index contributed by atoms with van der Waals surface area (Å²) in [5.74, 6) is -0.336. The summed E-state index contributed by atoms with van der Waals surface area (Å²) >= 11 is 2.01. The number of nitrogens with zero attached hydrogens (tertiary/aromatic N) is 3. The second kappa shape index (κ2) is 5.85. The highest BCUT2D eigenvalue weighted by Gasteiger charge is 2.21. The molecule has 3 N–H and O–H groups in total. The van der Waals surface area contributed by atoms with Gasteiger partial charge in [0, 0.05) is 9.77 Å². The van der Waals surface area contributed by atoms with Crippen molar-refractivity contribution in [3.05, 3.63) is 63.2 Å². The Morgan fingerprint density at radius 2 is 2.18 bits per heavy atom. The molecule has 0 aromatic heterocycles. The molecule has 2 heterocycles. The zero-order valence-corrected chi connectivity index (χ0v) is 13.1. The van der Waals surface area contributed by atoms with Crippen molar-refractivity contribution in [3.8, 4) is 0 Å². The first-order valence-electron chi connectivity index (χ1n) is 6.05. The van der Waals surface area contributed by atoms with Crippen LogP contribution < -0.4 is 5.32 Å². The first kappa shape index (κ1) is 14.7. The monoisotopic (exact) mass is 413 g/mol. The molecule has 0 saturated heterocycles. The van der Waals surface area contributed by atoms with E-state index in [-0.39, 0.29) is 17.6 Å². The van der Waals surface area contributed by atoms with Gasteiger partial charge in [0.15, 0.2) is 0 Å². The zero-order chi connectivity index (χ0) is 15.7. The average molecular weight is 413 g/mol. The number of nitrogens with one attached hydrogen (secondary N) is 2. The number of anilines is 1. The van der Waals surface area contributed by atoms with Gasteiger partial charge in [-0.2, -0.15) is 0 Å². The van der Waals surface area contributed by atoms with E-state index < -0.39 is 5.82 Å². The average Bonchev–Trinajstić information content (AvgIpc) is 2.88. The van der Waals surface area contributed by atoms with E-state index in [0.717, 1.165) is 8.63 Å². The summed E-state index contributed by atoms with van der Waals surface area (Å²) < 4.78 is 19.8. The third kappa shape index (κ3) is 2.99. The number of allylic oxidation sites excluding steroid dienone is 1. The topological polar surface area (TPSA) is 93.3 Å². The van der Waals surface area contributed by atoms with Gasteiger partial charge in [0.25, 0.3) is 5.88 Å². The van der Waals surface area contributed by atoms with E-state index in [1.807, 2.05) is 22.6 Å². The van der Waals surface area contributed by atoms with Gasteiger partial charge in [-0.3, -0.25) is 5.21 Å². The molecule has 0 unspecified atom stereocenters. The Labute approximate surface area is 138 Å². The Morgan fingerprint density at radius 1 is 1.36 bits per heavy atom. The predicted octanol–water partition coefficient (Wildman–Crippen LogP) is 3.53. The van der Waals surface area contributed by atoms with Gasteiger partial charge in [-0.15, -0.1) is 5.11 Å². The maximum absolute atomic E-state index is 14.0. The van der Waals surface area contributed by atoms with Crippen molar-refractivity contribution in [1.82, 2.24) is 5.06 Å². The quantitative estimate of drug-likeness (QED) is 0.647. The van der Waals surface area contributed by atoms with Gasteiger partial charge in [0.05, 0.1) is 23.2 Å². The van der Waals surface area contributed by atoms with Gasteiger partial charge in [-0.1, -0.05) is 5.11 Å². The van der Waals surface area contributed by atoms with Crippen molar-refractivity contribution in [1.29, 1.82) is 5.41 Å². The van der Waals surface area contributed by atoms with Crippen molar-refractivity contribution in [2.75, 3.05) is 5.32 Å². The highest BCUT2D eigenvalue weighted by atomic mass is 127. The Hall–Kier alpha value is -2.27. The number of ether oxygens (including phenoxy) is 1. The third-order valence-electron chi connectivity index (χ3n) is 2.80. The standard InChI is InChI=1S/C13H9FIN5O2/c14-9-5-7(15)1-2-10(9)17-11-6-20(21)4-3-8(11)12-18-19-13(16)22-12/h1-6,16-17,21H/b12-8+,16-13?. The van der Waals surface area contributed by atoms with Crippen LogP contribution in [0.5, 0.6) is 0 Å². The maximum Gasteiger partial charge on any atom is 0.335 e. The summed E-state index contributed by atoms with van der Waals surface area (Å²) in [7, 11) is 0. The van der Waals surface area contributed by atoms with Crippen LogP contribution in [0.1, 0.15) is 0 Å². The second-order valence-corrected chi connectivity index (χ2v) is 5.56. The summed E-state index contributed by atoms with van der Waals surface area (Å²) in [5.41, 5.74) is 1.03. The van der Waals surface area contributed by atoms with E-state index in [4.69, 9.17) is 10.1 Å². The van der Waals surface area contributed by atoms with E-state index in [1.54, 1.807) is 12.1 Å². The molecule has 0 radical (unpaired) electrons. The molecule has 2 aliphatic rings. The number of azo groups is 1. The van der Waals surface area contributed by atoms with Gasteiger partial charge < -0.3 is 10.1 Å². The smallest absolute Gasteiger partial charge is 0.335 e. The summed E-state index contributed by atoms with van der Waals surface area (Å²) in [6.07, 6.45) is 4.21. The summed E-state index contributed by atoms with van der Waals surface area (Å²) in [6, 6.07) is 4.38. The van der Waals surface area contributed by atoms with Crippen LogP contribution in [-0.2, 0) is 4.74 Å². The molecule has 0 atom stereocenters. The van der Waals surface area contributed by atoms with Crippen LogP contribution in [0.2, 0.25) is 0 Å². The fraction of sp³-hybridized carbons (Fsp3) is 0. The first-order chi connectivity index (χ1) is 10.5. The highest BCUT2D eigenvalue weighted by Crippen LogP contribution is 2.28. The van der Waals surface area contributed by atoms with Gasteiger partial charge in [0.1, 0.15) is 5.82 Å². The van der Waals surface area contributed by atoms with Crippen LogP contribution in [0.3, 0.4) is 0 Å². The fourth-order valence-electron chi connectivity index (χ4n) is 1.84.